The van der Waals surface area contributed by atoms with Gasteiger partial charge in [-0.2, -0.15) is 0 Å². The van der Waals surface area contributed by atoms with E-state index in [0.29, 0.717) is 38.6 Å². The van der Waals surface area contributed by atoms with E-state index in [2.05, 4.69) is 4.98 Å². The zero-order chi connectivity index (χ0) is 16.4. The fraction of sp³-hybridized carbons (Fsp3) is 0.176. The van der Waals surface area contributed by atoms with E-state index in [9.17, 15) is 4.79 Å². The van der Waals surface area contributed by atoms with Gasteiger partial charge in [0, 0.05) is 23.3 Å². The molecule has 23 heavy (non-hydrogen) atoms. The summed E-state index contributed by atoms with van der Waals surface area (Å²) < 4.78 is 16.1. The topological polar surface area (TPSA) is 61.6 Å². The molecule has 0 aliphatic heterocycles. The third kappa shape index (κ3) is 3.14. The van der Waals surface area contributed by atoms with Gasteiger partial charge in [-0.3, -0.25) is 4.98 Å². The molecule has 0 spiro atoms. The fourth-order valence-corrected chi connectivity index (χ4v) is 2.53. The first-order valence-corrected chi connectivity index (χ1v) is 7.30. The van der Waals surface area contributed by atoms with Crippen molar-refractivity contribution in [3.05, 3.63) is 58.6 Å². The summed E-state index contributed by atoms with van der Waals surface area (Å²) >= 11 is 5.86. The van der Waals surface area contributed by atoms with Gasteiger partial charge in [-0.05, 0) is 31.2 Å². The van der Waals surface area contributed by atoms with Crippen LogP contribution in [0.3, 0.4) is 0 Å². The molecule has 2 heterocycles. The molecule has 0 amide bonds. The number of hydrogen-bond donors (Lipinski definition) is 0. The van der Waals surface area contributed by atoms with Crippen LogP contribution in [0.2, 0.25) is 5.02 Å². The number of aromatic nitrogens is 1. The molecule has 2 aromatic heterocycles. The number of rotatable bonds is 4. The molecule has 0 aliphatic rings. The number of furan rings is 1. The minimum atomic E-state index is -0.463. The lowest BCUT2D eigenvalue weighted by molar-refractivity contribution is 0.0472. The Balaban J connectivity index is 1.87. The minimum absolute atomic E-state index is 0.0858. The van der Waals surface area contributed by atoms with Gasteiger partial charge in [0.2, 0.25) is 0 Å². The van der Waals surface area contributed by atoms with Crippen molar-refractivity contribution >= 4 is 28.5 Å². The summed E-state index contributed by atoms with van der Waals surface area (Å²) in [5.41, 5.74) is 1.72. The van der Waals surface area contributed by atoms with E-state index in [0.717, 1.165) is 0 Å². The van der Waals surface area contributed by atoms with Crippen molar-refractivity contribution in [3.63, 3.8) is 0 Å². The van der Waals surface area contributed by atoms with Crippen LogP contribution in [-0.2, 0) is 11.3 Å². The van der Waals surface area contributed by atoms with E-state index in [1.807, 2.05) is 0 Å². The largest absolute Gasteiger partial charge is 0.497 e. The summed E-state index contributed by atoms with van der Waals surface area (Å²) in [6.07, 6.45) is 3.12. The Labute approximate surface area is 137 Å². The number of esters is 1. The van der Waals surface area contributed by atoms with Gasteiger partial charge in [0.15, 0.2) is 0 Å². The lowest BCUT2D eigenvalue weighted by Crippen LogP contribution is -2.06. The highest BCUT2D eigenvalue weighted by molar-refractivity contribution is 6.30. The third-order valence-electron chi connectivity index (χ3n) is 3.41. The molecule has 0 bridgehead atoms. The SMILES string of the molecule is COc1ccc2oc(C)c(C(=O)OCc3cncc(Cl)c3)c2c1. The van der Waals surface area contributed by atoms with E-state index in [1.54, 1.807) is 44.5 Å². The minimum Gasteiger partial charge on any atom is -0.497 e. The second-order valence-electron chi connectivity index (χ2n) is 4.98. The predicted octanol–water partition coefficient (Wildman–Crippen LogP) is 4.16. The van der Waals surface area contributed by atoms with Crippen LogP contribution in [0, 0.1) is 6.92 Å². The average molecular weight is 332 g/mol. The highest BCUT2D eigenvalue weighted by atomic mass is 35.5. The number of hydrogen-bond acceptors (Lipinski definition) is 5. The molecular formula is C17H14ClNO4. The molecule has 3 aromatic rings. The maximum Gasteiger partial charge on any atom is 0.342 e. The monoisotopic (exact) mass is 331 g/mol. The molecule has 118 valence electrons. The summed E-state index contributed by atoms with van der Waals surface area (Å²) in [6.45, 7) is 1.81. The van der Waals surface area contributed by atoms with Gasteiger partial charge < -0.3 is 13.9 Å². The van der Waals surface area contributed by atoms with Crippen molar-refractivity contribution in [3.8, 4) is 5.75 Å². The average Bonchev–Trinajstić information content (AvgIpc) is 2.87. The predicted molar refractivity (Wildman–Crippen MR) is 85.9 cm³/mol. The van der Waals surface area contributed by atoms with Crippen molar-refractivity contribution in [2.45, 2.75) is 13.5 Å². The zero-order valence-electron chi connectivity index (χ0n) is 12.6. The molecule has 0 aliphatic carbocycles. The van der Waals surface area contributed by atoms with Gasteiger partial charge in [-0.1, -0.05) is 11.6 Å². The Hall–Kier alpha value is -2.53. The van der Waals surface area contributed by atoms with E-state index in [4.69, 9.17) is 25.5 Å². The van der Waals surface area contributed by atoms with Crippen molar-refractivity contribution < 1.29 is 18.7 Å². The maximum absolute atomic E-state index is 12.4. The molecular weight excluding hydrogens is 318 g/mol. The number of ether oxygens (including phenoxy) is 2. The van der Waals surface area contributed by atoms with E-state index in [-0.39, 0.29) is 6.61 Å². The highest BCUT2D eigenvalue weighted by Crippen LogP contribution is 2.29. The number of fused-ring (bicyclic) bond motifs is 1. The molecule has 5 nitrogen and oxygen atoms in total. The molecule has 0 fully saturated rings. The summed E-state index contributed by atoms with van der Waals surface area (Å²) in [6, 6.07) is 6.99. The second kappa shape index (κ2) is 6.30. The van der Waals surface area contributed by atoms with E-state index >= 15 is 0 Å². The molecule has 1 aromatic carbocycles. The number of carbonyl (C=O) groups is 1. The molecule has 0 saturated carbocycles. The Morgan fingerprint density at radius 1 is 1.30 bits per heavy atom. The number of carbonyl (C=O) groups excluding carboxylic acids is 1. The van der Waals surface area contributed by atoms with Gasteiger partial charge in [0.05, 0.1) is 12.1 Å². The number of pyridine rings is 1. The Morgan fingerprint density at radius 2 is 2.13 bits per heavy atom. The summed E-state index contributed by atoms with van der Waals surface area (Å²) in [7, 11) is 1.57. The van der Waals surface area contributed by atoms with Gasteiger partial charge >= 0.3 is 5.97 Å². The lowest BCUT2D eigenvalue weighted by Gasteiger charge is -2.05. The number of methoxy groups -OCH3 is 1. The number of aryl methyl sites for hydroxylation is 1. The Morgan fingerprint density at radius 3 is 2.87 bits per heavy atom. The van der Waals surface area contributed by atoms with Crippen LogP contribution < -0.4 is 4.74 Å². The Bertz CT molecular complexity index is 872. The molecule has 3 rings (SSSR count). The van der Waals surface area contributed by atoms with Gasteiger partial charge in [0.1, 0.15) is 29.3 Å². The molecule has 0 saturated heterocycles. The van der Waals surface area contributed by atoms with Crippen LogP contribution in [0.5, 0.6) is 5.75 Å². The highest BCUT2D eigenvalue weighted by Gasteiger charge is 2.20. The number of benzene rings is 1. The first-order chi connectivity index (χ1) is 11.1. The normalized spacial score (nSPS) is 10.7. The van der Waals surface area contributed by atoms with Crippen molar-refractivity contribution in [2.24, 2.45) is 0 Å². The summed E-state index contributed by atoms with van der Waals surface area (Å²) in [5, 5.41) is 1.16. The standard InChI is InChI=1S/C17H14ClNO4/c1-10-16(14-6-13(21-2)3-4-15(14)23-10)17(20)22-9-11-5-12(18)8-19-7-11/h3-8H,9H2,1-2H3. The van der Waals surface area contributed by atoms with Crippen molar-refractivity contribution in [2.75, 3.05) is 7.11 Å². The van der Waals surface area contributed by atoms with Crippen LogP contribution in [0.25, 0.3) is 11.0 Å². The van der Waals surface area contributed by atoms with Gasteiger partial charge in [-0.15, -0.1) is 0 Å². The fourth-order valence-electron chi connectivity index (χ4n) is 2.34. The smallest absolute Gasteiger partial charge is 0.342 e. The first-order valence-electron chi connectivity index (χ1n) is 6.92. The molecule has 0 N–H and O–H groups in total. The van der Waals surface area contributed by atoms with Crippen molar-refractivity contribution in [1.29, 1.82) is 0 Å². The van der Waals surface area contributed by atoms with Crippen LogP contribution in [0.15, 0.2) is 41.1 Å². The molecule has 0 atom stereocenters. The second-order valence-corrected chi connectivity index (χ2v) is 5.42. The zero-order valence-corrected chi connectivity index (χ0v) is 13.4. The van der Waals surface area contributed by atoms with Crippen molar-refractivity contribution in [1.82, 2.24) is 4.98 Å². The quantitative estimate of drug-likeness (QED) is 0.672. The number of halogens is 1. The molecule has 6 heteroatoms. The van der Waals surface area contributed by atoms with Crippen LogP contribution in [0.1, 0.15) is 21.7 Å². The van der Waals surface area contributed by atoms with Gasteiger partial charge in [-0.25, -0.2) is 4.79 Å². The maximum atomic E-state index is 12.4. The third-order valence-corrected chi connectivity index (χ3v) is 3.61. The van der Waals surface area contributed by atoms with E-state index < -0.39 is 5.97 Å². The lowest BCUT2D eigenvalue weighted by atomic mass is 10.1. The Kier molecular flexibility index (Phi) is 4.21. The van der Waals surface area contributed by atoms with Crippen LogP contribution in [-0.4, -0.2) is 18.1 Å². The summed E-state index contributed by atoms with van der Waals surface area (Å²) in [5.74, 6) is 0.684. The molecule has 0 radical (unpaired) electrons. The van der Waals surface area contributed by atoms with Crippen LogP contribution >= 0.6 is 11.6 Å². The van der Waals surface area contributed by atoms with Gasteiger partial charge in [0.25, 0.3) is 0 Å². The summed E-state index contributed by atoms with van der Waals surface area (Å²) in [4.78, 5) is 16.4. The number of nitrogens with zero attached hydrogens (tertiary/aromatic N) is 1. The van der Waals surface area contributed by atoms with E-state index in [1.165, 1.54) is 6.20 Å². The first kappa shape index (κ1) is 15.4. The van der Waals surface area contributed by atoms with Crippen LogP contribution in [0.4, 0.5) is 0 Å². The molecule has 0 unspecified atom stereocenters.